The first-order chi connectivity index (χ1) is 7.17. The summed E-state index contributed by atoms with van der Waals surface area (Å²) in [5.74, 6) is 2.03. The van der Waals surface area contributed by atoms with Gasteiger partial charge >= 0.3 is 0 Å². The number of carbonyl (C=O) groups excluding carboxylic acids is 1. The maximum absolute atomic E-state index is 10.8. The van der Waals surface area contributed by atoms with E-state index < -0.39 is 0 Å². The maximum atomic E-state index is 10.8. The molecule has 0 saturated heterocycles. The molecule has 15 heavy (non-hydrogen) atoms. The van der Waals surface area contributed by atoms with Gasteiger partial charge in [-0.05, 0) is 25.1 Å². The van der Waals surface area contributed by atoms with Crippen molar-refractivity contribution in [3.05, 3.63) is 18.2 Å². The minimum atomic E-state index is 0.162. The van der Waals surface area contributed by atoms with Crippen LogP contribution in [0.1, 0.15) is 6.92 Å². The van der Waals surface area contributed by atoms with E-state index in [-0.39, 0.29) is 5.78 Å². The molecule has 0 radical (unpaired) electrons. The standard InChI is InChI=1S/C11H14O3S/c1-8(12)7-15-9-4-5-10(13-2)11(6-9)14-3/h4-6H,7H2,1-3H3. The van der Waals surface area contributed by atoms with E-state index in [1.54, 1.807) is 21.1 Å². The van der Waals surface area contributed by atoms with Gasteiger partial charge in [-0.25, -0.2) is 0 Å². The van der Waals surface area contributed by atoms with Crippen LogP contribution in [0, 0.1) is 0 Å². The highest BCUT2D eigenvalue weighted by Crippen LogP contribution is 2.31. The molecule has 82 valence electrons. The van der Waals surface area contributed by atoms with Crippen molar-refractivity contribution in [1.82, 2.24) is 0 Å². The first kappa shape index (κ1) is 11.9. The van der Waals surface area contributed by atoms with Crippen LogP contribution in [0.25, 0.3) is 0 Å². The van der Waals surface area contributed by atoms with Gasteiger partial charge in [-0.1, -0.05) is 0 Å². The molecule has 0 amide bonds. The Morgan fingerprint density at radius 1 is 1.27 bits per heavy atom. The Labute approximate surface area is 93.8 Å². The van der Waals surface area contributed by atoms with Crippen molar-refractivity contribution >= 4 is 17.5 Å². The van der Waals surface area contributed by atoms with Gasteiger partial charge in [0.2, 0.25) is 0 Å². The van der Waals surface area contributed by atoms with Gasteiger partial charge in [-0.3, -0.25) is 4.79 Å². The van der Waals surface area contributed by atoms with Gasteiger partial charge in [0, 0.05) is 4.90 Å². The summed E-state index contributed by atoms with van der Waals surface area (Å²) in [5, 5.41) is 0. The minimum absolute atomic E-state index is 0.162. The predicted molar refractivity (Wildman–Crippen MR) is 61.0 cm³/mol. The number of hydrogen-bond donors (Lipinski definition) is 0. The summed E-state index contributed by atoms with van der Waals surface area (Å²) in [6, 6.07) is 5.61. The highest BCUT2D eigenvalue weighted by molar-refractivity contribution is 8.00. The molecule has 4 heteroatoms. The van der Waals surface area contributed by atoms with Crippen LogP contribution in [0.5, 0.6) is 11.5 Å². The van der Waals surface area contributed by atoms with Crippen molar-refractivity contribution in [2.75, 3.05) is 20.0 Å². The molecule has 0 aliphatic heterocycles. The van der Waals surface area contributed by atoms with E-state index in [1.807, 2.05) is 18.2 Å². The number of ketones is 1. The lowest BCUT2D eigenvalue weighted by atomic mass is 10.3. The maximum Gasteiger partial charge on any atom is 0.161 e. The zero-order valence-corrected chi connectivity index (χ0v) is 9.89. The molecule has 0 heterocycles. The summed E-state index contributed by atoms with van der Waals surface area (Å²) in [7, 11) is 3.19. The predicted octanol–water partition coefficient (Wildman–Crippen LogP) is 2.38. The smallest absolute Gasteiger partial charge is 0.161 e. The van der Waals surface area contributed by atoms with Crippen LogP contribution in [-0.2, 0) is 4.79 Å². The molecule has 1 aromatic rings. The Morgan fingerprint density at radius 3 is 2.47 bits per heavy atom. The molecule has 0 bridgehead atoms. The van der Waals surface area contributed by atoms with E-state index >= 15 is 0 Å². The molecule has 0 fully saturated rings. The summed E-state index contributed by atoms with van der Waals surface area (Å²) in [6.45, 7) is 1.58. The van der Waals surface area contributed by atoms with Gasteiger partial charge in [0.05, 0.1) is 20.0 Å². The van der Waals surface area contributed by atoms with Crippen molar-refractivity contribution in [3.8, 4) is 11.5 Å². The van der Waals surface area contributed by atoms with Gasteiger partial charge in [0.25, 0.3) is 0 Å². The van der Waals surface area contributed by atoms with Gasteiger partial charge in [-0.15, -0.1) is 11.8 Å². The molecule has 3 nitrogen and oxygen atoms in total. The van der Waals surface area contributed by atoms with E-state index in [1.165, 1.54) is 11.8 Å². The zero-order chi connectivity index (χ0) is 11.3. The Hall–Kier alpha value is -1.16. The fourth-order valence-corrected chi connectivity index (χ4v) is 1.82. The molecule has 0 N–H and O–H groups in total. The number of rotatable bonds is 5. The monoisotopic (exact) mass is 226 g/mol. The Kier molecular flexibility index (Phi) is 4.49. The summed E-state index contributed by atoms with van der Waals surface area (Å²) < 4.78 is 10.3. The number of methoxy groups -OCH3 is 2. The van der Waals surface area contributed by atoms with Gasteiger partial charge in [-0.2, -0.15) is 0 Å². The Morgan fingerprint density at radius 2 is 1.93 bits per heavy atom. The lowest BCUT2D eigenvalue weighted by Crippen LogP contribution is -1.94. The molecular formula is C11H14O3S. The highest BCUT2D eigenvalue weighted by Gasteiger charge is 2.05. The number of carbonyl (C=O) groups is 1. The van der Waals surface area contributed by atoms with Crippen molar-refractivity contribution in [2.24, 2.45) is 0 Å². The second-order valence-corrected chi connectivity index (χ2v) is 4.06. The van der Waals surface area contributed by atoms with E-state index in [0.29, 0.717) is 17.3 Å². The molecule has 0 atom stereocenters. The normalized spacial score (nSPS) is 9.80. The first-order valence-corrected chi connectivity index (χ1v) is 5.50. The number of Topliss-reactive ketones (excluding diaryl/α,β-unsaturated/α-hetero) is 1. The summed E-state index contributed by atoms with van der Waals surface area (Å²) in [4.78, 5) is 11.8. The third-order valence-electron chi connectivity index (χ3n) is 1.80. The molecule has 1 aromatic carbocycles. The van der Waals surface area contributed by atoms with Crippen LogP contribution in [0.3, 0.4) is 0 Å². The van der Waals surface area contributed by atoms with Gasteiger partial charge < -0.3 is 9.47 Å². The first-order valence-electron chi connectivity index (χ1n) is 4.51. The minimum Gasteiger partial charge on any atom is -0.493 e. The fourth-order valence-electron chi connectivity index (χ4n) is 1.09. The third-order valence-corrected chi connectivity index (χ3v) is 2.94. The summed E-state index contributed by atoms with van der Waals surface area (Å²) in [5.41, 5.74) is 0. The van der Waals surface area contributed by atoms with Gasteiger partial charge in [0.15, 0.2) is 11.5 Å². The fraction of sp³-hybridized carbons (Fsp3) is 0.364. The van der Waals surface area contributed by atoms with Crippen molar-refractivity contribution < 1.29 is 14.3 Å². The molecular weight excluding hydrogens is 212 g/mol. The van der Waals surface area contributed by atoms with E-state index in [4.69, 9.17) is 9.47 Å². The third kappa shape index (κ3) is 3.47. The molecule has 0 aromatic heterocycles. The van der Waals surface area contributed by atoms with Crippen molar-refractivity contribution in [3.63, 3.8) is 0 Å². The molecule has 0 saturated carbocycles. The summed E-state index contributed by atoms with van der Waals surface area (Å²) in [6.07, 6.45) is 0. The second kappa shape index (κ2) is 5.66. The number of benzene rings is 1. The van der Waals surface area contributed by atoms with Crippen LogP contribution >= 0.6 is 11.8 Å². The lowest BCUT2D eigenvalue weighted by molar-refractivity contribution is -0.114. The quantitative estimate of drug-likeness (QED) is 0.722. The zero-order valence-electron chi connectivity index (χ0n) is 9.07. The second-order valence-electron chi connectivity index (χ2n) is 3.01. The SMILES string of the molecule is COc1ccc(SCC(C)=O)cc1OC. The van der Waals surface area contributed by atoms with Crippen LogP contribution in [0.15, 0.2) is 23.1 Å². The van der Waals surface area contributed by atoms with Crippen molar-refractivity contribution in [2.45, 2.75) is 11.8 Å². The lowest BCUT2D eigenvalue weighted by Gasteiger charge is -2.08. The van der Waals surface area contributed by atoms with Crippen molar-refractivity contribution in [1.29, 1.82) is 0 Å². The molecule has 0 unspecified atom stereocenters. The average Bonchev–Trinajstić information content (AvgIpc) is 2.25. The number of thioether (sulfide) groups is 1. The summed E-state index contributed by atoms with van der Waals surface area (Å²) >= 11 is 1.49. The Bertz CT molecular complexity index is 350. The molecule has 0 spiro atoms. The van der Waals surface area contributed by atoms with E-state index in [2.05, 4.69) is 0 Å². The number of ether oxygens (including phenoxy) is 2. The topological polar surface area (TPSA) is 35.5 Å². The van der Waals surface area contributed by atoms with Crippen LogP contribution < -0.4 is 9.47 Å². The Balaban J connectivity index is 2.78. The number of hydrogen-bond acceptors (Lipinski definition) is 4. The molecule has 1 rings (SSSR count). The van der Waals surface area contributed by atoms with E-state index in [0.717, 1.165) is 4.90 Å². The molecule has 0 aliphatic rings. The average molecular weight is 226 g/mol. The van der Waals surface area contributed by atoms with Crippen LogP contribution in [0.4, 0.5) is 0 Å². The largest absolute Gasteiger partial charge is 0.493 e. The van der Waals surface area contributed by atoms with Crippen LogP contribution in [-0.4, -0.2) is 25.8 Å². The highest BCUT2D eigenvalue weighted by atomic mass is 32.2. The molecule has 0 aliphatic carbocycles. The van der Waals surface area contributed by atoms with Crippen LogP contribution in [0.2, 0.25) is 0 Å². The van der Waals surface area contributed by atoms with E-state index in [9.17, 15) is 4.79 Å². The van der Waals surface area contributed by atoms with Gasteiger partial charge in [0.1, 0.15) is 5.78 Å².